The minimum absolute atomic E-state index is 0.229. The number of benzene rings is 1. The molecule has 1 heterocycles. The van der Waals surface area contributed by atoms with Gasteiger partial charge in [0.15, 0.2) is 11.6 Å². The molecule has 2 rings (SSSR count). The van der Waals surface area contributed by atoms with Gasteiger partial charge in [-0.05, 0) is 50.6 Å². The normalized spacial score (nSPS) is 12.5. The summed E-state index contributed by atoms with van der Waals surface area (Å²) in [6.07, 6.45) is 0. The van der Waals surface area contributed by atoms with E-state index in [9.17, 15) is 4.39 Å². The first-order chi connectivity index (χ1) is 8.11. The van der Waals surface area contributed by atoms with E-state index in [1.54, 1.807) is 23.5 Å². The van der Waals surface area contributed by atoms with E-state index in [2.05, 4.69) is 15.9 Å². The van der Waals surface area contributed by atoms with Crippen molar-refractivity contribution in [1.29, 1.82) is 0 Å². The maximum absolute atomic E-state index is 13.5. The van der Waals surface area contributed by atoms with E-state index in [1.807, 2.05) is 11.4 Å². The molecule has 1 aromatic carbocycles. The highest BCUT2D eigenvalue weighted by molar-refractivity contribution is 9.11. The van der Waals surface area contributed by atoms with Crippen molar-refractivity contribution in [2.24, 2.45) is 5.73 Å². The molecule has 0 aliphatic carbocycles. The van der Waals surface area contributed by atoms with Gasteiger partial charge in [-0.15, -0.1) is 11.3 Å². The summed E-state index contributed by atoms with van der Waals surface area (Å²) in [4.78, 5) is 0. The Kier molecular flexibility index (Phi) is 3.81. The van der Waals surface area contributed by atoms with E-state index in [1.165, 1.54) is 13.2 Å². The van der Waals surface area contributed by atoms with Gasteiger partial charge in [0.25, 0.3) is 0 Å². The Morgan fingerprint density at radius 1 is 1.35 bits per heavy atom. The third kappa shape index (κ3) is 2.68. The lowest BCUT2D eigenvalue weighted by molar-refractivity contribution is 0.386. The van der Waals surface area contributed by atoms with E-state index in [4.69, 9.17) is 10.5 Å². The molecule has 0 radical (unpaired) electrons. The lowest BCUT2D eigenvalue weighted by Gasteiger charge is -2.11. The smallest absolute Gasteiger partial charge is 0.165 e. The zero-order valence-electron chi connectivity index (χ0n) is 9.11. The minimum Gasteiger partial charge on any atom is -0.494 e. The first-order valence-corrected chi connectivity index (χ1v) is 6.62. The molecule has 0 saturated heterocycles. The van der Waals surface area contributed by atoms with Gasteiger partial charge in [-0.3, -0.25) is 0 Å². The van der Waals surface area contributed by atoms with Gasteiger partial charge in [-0.1, -0.05) is 6.07 Å². The number of hydrogen-bond acceptors (Lipinski definition) is 3. The summed E-state index contributed by atoms with van der Waals surface area (Å²) in [6, 6.07) is 6.40. The predicted octanol–water partition coefficient (Wildman–Crippen LogP) is 3.71. The number of rotatable bonds is 3. The van der Waals surface area contributed by atoms with Crippen LogP contribution < -0.4 is 10.5 Å². The van der Waals surface area contributed by atoms with E-state index >= 15 is 0 Å². The first kappa shape index (κ1) is 12.5. The Labute approximate surface area is 111 Å². The van der Waals surface area contributed by atoms with Gasteiger partial charge in [0.1, 0.15) is 0 Å². The molecule has 0 fully saturated rings. The number of nitrogens with two attached hydrogens (primary N) is 1. The standard InChI is InChI=1S/C12H11BrFNOS/c1-16-10-3-2-7(4-9(10)14)12(15)8-5-11(13)17-6-8/h2-6,12H,15H2,1H3. The summed E-state index contributed by atoms with van der Waals surface area (Å²) in [5.74, 6) is -0.165. The Hall–Kier alpha value is -0.910. The van der Waals surface area contributed by atoms with E-state index in [0.29, 0.717) is 0 Å². The average Bonchev–Trinajstić information content (AvgIpc) is 2.75. The van der Waals surface area contributed by atoms with Crippen LogP contribution in [0.3, 0.4) is 0 Å². The summed E-state index contributed by atoms with van der Waals surface area (Å²) in [6.45, 7) is 0. The van der Waals surface area contributed by atoms with Crippen LogP contribution in [0.25, 0.3) is 0 Å². The van der Waals surface area contributed by atoms with Crippen LogP contribution in [0.5, 0.6) is 5.75 Å². The fraction of sp³-hybridized carbons (Fsp3) is 0.167. The lowest BCUT2D eigenvalue weighted by atomic mass is 10.0. The number of thiophene rings is 1. The Balaban J connectivity index is 2.31. The molecule has 2 nitrogen and oxygen atoms in total. The van der Waals surface area contributed by atoms with Crippen LogP contribution in [-0.2, 0) is 0 Å². The molecule has 17 heavy (non-hydrogen) atoms. The van der Waals surface area contributed by atoms with Gasteiger partial charge in [-0.25, -0.2) is 4.39 Å². The monoisotopic (exact) mass is 315 g/mol. The largest absolute Gasteiger partial charge is 0.494 e. The highest BCUT2D eigenvalue weighted by atomic mass is 79.9. The molecule has 0 aliphatic heterocycles. The van der Waals surface area contributed by atoms with Crippen LogP contribution in [0.15, 0.2) is 33.4 Å². The second kappa shape index (κ2) is 5.16. The highest BCUT2D eigenvalue weighted by Crippen LogP contribution is 2.29. The molecule has 1 aromatic heterocycles. The topological polar surface area (TPSA) is 35.2 Å². The van der Waals surface area contributed by atoms with Crippen molar-refractivity contribution >= 4 is 27.3 Å². The molecule has 1 atom stereocenters. The van der Waals surface area contributed by atoms with Gasteiger partial charge in [0.05, 0.1) is 16.9 Å². The number of hydrogen-bond donors (Lipinski definition) is 1. The molecular weight excluding hydrogens is 305 g/mol. The average molecular weight is 316 g/mol. The van der Waals surface area contributed by atoms with Crippen molar-refractivity contribution in [3.63, 3.8) is 0 Å². The molecular formula is C12H11BrFNOS. The van der Waals surface area contributed by atoms with Crippen LogP contribution in [0.2, 0.25) is 0 Å². The summed E-state index contributed by atoms with van der Waals surface area (Å²) >= 11 is 4.94. The Morgan fingerprint density at radius 3 is 2.65 bits per heavy atom. The van der Waals surface area contributed by atoms with Crippen LogP contribution >= 0.6 is 27.3 Å². The Morgan fingerprint density at radius 2 is 2.12 bits per heavy atom. The molecule has 1 unspecified atom stereocenters. The van der Waals surface area contributed by atoms with Crippen molar-refractivity contribution in [2.75, 3.05) is 7.11 Å². The molecule has 2 aromatic rings. The molecule has 0 bridgehead atoms. The molecule has 90 valence electrons. The fourth-order valence-electron chi connectivity index (χ4n) is 1.56. The van der Waals surface area contributed by atoms with Crippen molar-refractivity contribution < 1.29 is 9.13 Å². The van der Waals surface area contributed by atoms with E-state index < -0.39 is 5.82 Å². The summed E-state index contributed by atoms with van der Waals surface area (Å²) in [5.41, 5.74) is 7.76. The van der Waals surface area contributed by atoms with Gasteiger partial charge < -0.3 is 10.5 Å². The van der Waals surface area contributed by atoms with Crippen molar-refractivity contribution in [1.82, 2.24) is 0 Å². The zero-order chi connectivity index (χ0) is 12.4. The number of halogens is 2. The second-order valence-corrected chi connectivity index (χ2v) is 5.85. The lowest BCUT2D eigenvalue weighted by Crippen LogP contribution is -2.11. The SMILES string of the molecule is COc1ccc(C(N)c2csc(Br)c2)cc1F. The van der Waals surface area contributed by atoms with Crippen LogP contribution in [0.4, 0.5) is 4.39 Å². The van der Waals surface area contributed by atoms with E-state index in [0.717, 1.165) is 14.9 Å². The third-order valence-electron chi connectivity index (χ3n) is 2.48. The predicted molar refractivity (Wildman–Crippen MR) is 71.0 cm³/mol. The minimum atomic E-state index is -0.394. The first-order valence-electron chi connectivity index (χ1n) is 4.94. The van der Waals surface area contributed by atoms with Gasteiger partial charge in [-0.2, -0.15) is 0 Å². The maximum atomic E-state index is 13.5. The van der Waals surface area contributed by atoms with E-state index in [-0.39, 0.29) is 11.8 Å². The fourth-order valence-corrected chi connectivity index (χ4v) is 2.77. The molecule has 0 spiro atoms. The van der Waals surface area contributed by atoms with Gasteiger partial charge in [0, 0.05) is 0 Å². The van der Waals surface area contributed by atoms with Gasteiger partial charge in [0.2, 0.25) is 0 Å². The molecule has 2 N–H and O–H groups in total. The molecule has 0 saturated carbocycles. The summed E-state index contributed by atoms with van der Waals surface area (Å²) in [7, 11) is 1.44. The number of ether oxygens (including phenoxy) is 1. The van der Waals surface area contributed by atoms with Crippen LogP contribution in [0.1, 0.15) is 17.2 Å². The van der Waals surface area contributed by atoms with Crippen molar-refractivity contribution in [3.8, 4) is 5.75 Å². The second-order valence-electron chi connectivity index (χ2n) is 3.56. The quantitative estimate of drug-likeness (QED) is 0.937. The third-order valence-corrected chi connectivity index (χ3v) is 4.00. The highest BCUT2D eigenvalue weighted by Gasteiger charge is 2.13. The zero-order valence-corrected chi connectivity index (χ0v) is 11.5. The number of methoxy groups -OCH3 is 1. The van der Waals surface area contributed by atoms with Crippen LogP contribution in [0, 0.1) is 5.82 Å². The van der Waals surface area contributed by atoms with Crippen molar-refractivity contribution in [2.45, 2.75) is 6.04 Å². The van der Waals surface area contributed by atoms with Gasteiger partial charge >= 0.3 is 0 Å². The summed E-state index contributed by atoms with van der Waals surface area (Å²) < 4.78 is 19.4. The van der Waals surface area contributed by atoms with Crippen molar-refractivity contribution in [3.05, 3.63) is 50.4 Å². The maximum Gasteiger partial charge on any atom is 0.165 e. The Bertz CT molecular complexity index is 529. The molecule has 5 heteroatoms. The molecule has 0 amide bonds. The summed E-state index contributed by atoms with van der Waals surface area (Å²) in [5, 5.41) is 1.96. The molecule has 0 aliphatic rings. The van der Waals surface area contributed by atoms with Crippen LogP contribution in [-0.4, -0.2) is 7.11 Å².